The van der Waals surface area contributed by atoms with Crippen LogP contribution in [0.2, 0.25) is 0 Å². The number of thiophene rings is 1. The highest BCUT2D eigenvalue weighted by molar-refractivity contribution is 7.26. The van der Waals surface area contributed by atoms with Crippen LogP contribution < -0.4 is 30.5 Å². The van der Waals surface area contributed by atoms with Crippen LogP contribution in [0.4, 0.5) is 34.1 Å². The highest BCUT2D eigenvalue weighted by Gasteiger charge is 2.50. The molecule has 0 fully saturated rings. The van der Waals surface area contributed by atoms with Gasteiger partial charge in [0.1, 0.15) is 22.3 Å². The topological polar surface area (TPSA) is 32.8 Å². The minimum absolute atomic E-state index is 0.881. The Morgan fingerprint density at radius 1 is 0.368 bits per heavy atom. The first kappa shape index (κ1) is 43.0. The summed E-state index contributed by atoms with van der Waals surface area (Å²) in [5.74, 6) is 0. The molecule has 0 saturated carbocycles. The maximum Gasteiger partial charge on any atom is 0.184 e. The molecule has 0 aliphatic carbocycles. The molecule has 0 amide bonds. The van der Waals surface area contributed by atoms with E-state index in [-0.39, 0.29) is 0 Å². The Bertz CT molecular complexity index is 4680. The number of fused-ring (bicyclic) bond motifs is 12. The van der Waals surface area contributed by atoms with Gasteiger partial charge in [-0.05, 0) is 122 Å². The van der Waals surface area contributed by atoms with Gasteiger partial charge in [0.2, 0.25) is 0 Å². The lowest BCUT2D eigenvalue weighted by atomic mass is 9.98. The van der Waals surface area contributed by atoms with E-state index in [1.54, 1.807) is 0 Å². The molecule has 15 aromatic rings. The maximum atomic E-state index is 6.79. The summed E-state index contributed by atoms with van der Waals surface area (Å²) in [6.07, 6.45) is 0. The number of anilines is 6. The fraction of sp³-hybridized carbons (Fsp3) is 0. The summed E-state index contributed by atoms with van der Waals surface area (Å²) >= 11 is 1.86. The molecule has 12 aromatic carbocycles. The molecule has 0 saturated heterocycles. The van der Waals surface area contributed by atoms with Crippen molar-refractivity contribution in [1.82, 2.24) is 0 Å². The number of rotatable bonds is 7. The highest BCUT2D eigenvalue weighted by atomic mass is 32.1. The zero-order chi connectivity index (χ0) is 49.9. The SMILES string of the molecule is c1ccc(N2c3ccccc3[Si](c3ccc4c(c3)oc3ccccc34)(c3ccc4c(c3)oc3ccccc34)c3ccc(N(c4ccc(-c5cccc6ccccc56)cc4)c4cccc5c4sc4ccccc45)cc32)cc1. The zero-order valence-corrected chi connectivity index (χ0v) is 42.8. The largest absolute Gasteiger partial charge is 0.456 e. The van der Waals surface area contributed by atoms with Crippen LogP contribution in [0, 0.1) is 0 Å². The van der Waals surface area contributed by atoms with Crippen LogP contribution in [0.15, 0.2) is 276 Å². The van der Waals surface area contributed by atoms with Crippen LogP contribution in [-0.4, -0.2) is 8.07 Å². The minimum atomic E-state index is -3.31. The fourth-order valence-electron chi connectivity index (χ4n) is 12.6. The number of para-hydroxylation sites is 4. The average Bonchev–Trinajstić information content (AvgIpc) is 4.27. The molecule has 16 rings (SSSR count). The Morgan fingerprint density at radius 3 is 1.68 bits per heavy atom. The van der Waals surface area contributed by atoms with E-state index in [1.807, 2.05) is 11.3 Å². The van der Waals surface area contributed by atoms with Gasteiger partial charge in [-0.15, -0.1) is 11.3 Å². The lowest BCUT2D eigenvalue weighted by Gasteiger charge is -2.45. The van der Waals surface area contributed by atoms with E-state index in [0.29, 0.717) is 0 Å². The number of hydrogen-bond donors (Lipinski definition) is 0. The number of benzene rings is 12. The van der Waals surface area contributed by atoms with Gasteiger partial charge in [0.05, 0.1) is 10.4 Å². The fourth-order valence-corrected chi connectivity index (χ4v) is 18.8. The van der Waals surface area contributed by atoms with Gasteiger partial charge in [-0.25, -0.2) is 0 Å². The molecule has 0 atom stereocenters. The highest BCUT2D eigenvalue weighted by Crippen LogP contribution is 2.48. The molecule has 1 aliphatic heterocycles. The van der Waals surface area contributed by atoms with Crippen molar-refractivity contribution in [3.8, 4) is 11.1 Å². The van der Waals surface area contributed by atoms with Gasteiger partial charge < -0.3 is 18.6 Å². The summed E-state index contributed by atoms with van der Waals surface area (Å²) in [5.41, 5.74) is 12.6. The van der Waals surface area contributed by atoms with E-state index in [1.165, 1.54) is 62.8 Å². The number of nitrogens with zero attached hydrogens (tertiary/aromatic N) is 2. The summed E-state index contributed by atoms with van der Waals surface area (Å²) in [6, 6.07) is 98.2. The summed E-state index contributed by atoms with van der Waals surface area (Å²) < 4.78 is 16.1. The van der Waals surface area contributed by atoms with Gasteiger partial charge in [-0.1, -0.05) is 188 Å². The predicted molar refractivity (Wildman–Crippen MR) is 323 cm³/mol. The Hall–Kier alpha value is -9.46. The van der Waals surface area contributed by atoms with Crippen molar-refractivity contribution >= 4 is 149 Å². The second-order valence-corrected chi connectivity index (χ2v) is 24.7. The van der Waals surface area contributed by atoms with Gasteiger partial charge >= 0.3 is 0 Å². The molecular formula is C70H44N2O2SSi. The first-order valence-electron chi connectivity index (χ1n) is 25.9. The Labute approximate surface area is 443 Å². The van der Waals surface area contributed by atoms with E-state index >= 15 is 0 Å². The Balaban J connectivity index is 0.989. The van der Waals surface area contributed by atoms with Crippen molar-refractivity contribution in [3.63, 3.8) is 0 Å². The lowest BCUT2D eigenvalue weighted by Crippen LogP contribution is -2.77. The Morgan fingerprint density at radius 2 is 0.934 bits per heavy atom. The second-order valence-electron chi connectivity index (χ2n) is 19.9. The van der Waals surface area contributed by atoms with Crippen molar-refractivity contribution in [1.29, 1.82) is 0 Å². The molecular weight excluding hydrogens is 961 g/mol. The molecule has 0 spiro atoms. The molecule has 0 radical (unpaired) electrons. The van der Waals surface area contributed by atoms with Gasteiger partial charge in [-0.3, -0.25) is 0 Å². The van der Waals surface area contributed by atoms with Gasteiger partial charge in [-0.2, -0.15) is 0 Å². The van der Waals surface area contributed by atoms with Crippen LogP contribution in [-0.2, 0) is 0 Å². The molecule has 0 bridgehead atoms. The molecule has 4 heterocycles. The van der Waals surface area contributed by atoms with Crippen molar-refractivity contribution in [3.05, 3.63) is 267 Å². The molecule has 4 nitrogen and oxygen atoms in total. The molecule has 76 heavy (non-hydrogen) atoms. The van der Waals surface area contributed by atoms with Gasteiger partial charge in [0.15, 0.2) is 8.07 Å². The maximum absolute atomic E-state index is 6.79. The van der Waals surface area contributed by atoms with E-state index in [9.17, 15) is 0 Å². The molecule has 1 aliphatic rings. The number of hydrogen-bond acceptors (Lipinski definition) is 5. The minimum Gasteiger partial charge on any atom is -0.456 e. The van der Waals surface area contributed by atoms with E-state index < -0.39 is 8.07 Å². The first-order valence-corrected chi connectivity index (χ1v) is 28.7. The van der Waals surface area contributed by atoms with Crippen molar-refractivity contribution in [2.75, 3.05) is 9.80 Å². The molecule has 3 aromatic heterocycles. The normalized spacial score (nSPS) is 13.1. The molecule has 0 N–H and O–H groups in total. The lowest BCUT2D eigenvalue weighted by molar-refractivity contribution is 0.669. The second kappa shape index (κ2) is 16.8. The molecule has 356 valence electrons. The quantitative estimate of drug-likeness (QED) is 0.149. The third-order valence-electron chi connectivity index (χ3n) is 15.9. The smallest absolute Gasteiger partial charge is 0.184 e. The zero-order valence-electron chi connectivity index (χ0n) is 41.0. The summed E-state index contributed by atoms with van der Waals surface area (Å²) in [7, 11) is -3.31. The van der Waals surface area contributed by atoms with Crippen LogP contribution in [0.1, 0.15) is 0 Å². The standard InChI is InChI=1S/C70H44N2O2SSi/c1-2-18-47(19-3-1)72-60-26-9-13-31-68(60)76(50-37-39-56-54-21-6-10-28-63(54)73-65(56)43-50,51-38-40-57-55-22-7-11-29-64(55)74-66(57)44-51)69-41-36-49(42-62(69)72)71(61-27-15-25-59-58-23-8-12-30-67(58)75-70(59)61)48-34-32-46(33-35-48)53-24-14-17-45-16-4-5-20-52(45)53/h1-44H. The van der Waals surface area contributed by atoms with Crippen molar-refractivity contribution < 1.29 is 8.83 Å². The van der Waals surface area contributed by atoms with Crippen LogP contribution in [0.3, 0.4) is 0 Å². The third kappa shape index (κ3) is 6.35. The van der Waals surface area contributed by atoms with E-state index in [2.05, 4.69) is 277 Å². The van der Waals surface area contributed by atoms with Crippen LogP contribution >= 0.6 is 11.3 Å². The number of furan rings is 2. The molecule has 6 heteroatoms. The van der Waals surface area contributed by atoms with Gasteiger partial charge in [0, 0.05) is 65.5 Å². The molecule has 0 unspecified atom stereocenters. The van der Waals surface area contributed by atoms with Gasteiger partial charge in [0.25, 0.3) is 0 Å². The monoisotopic (exact) mass is 1000 g/mol. The van der Waals surface area contributed by atoms with E-state index in [0.717, 1.165) is 78.0 Å². The summed E-state index contributed by atoms with van der Waals surface area (Å²) in [6.45, 7) is 0. The van der Waals surface area contributed by atoms with E-state index in [4.69, 9.17) is 8.83 Å². The summed E-state index contributed by atoms with van der Waals surface area (Å²) in [4.78, 5) is 4.99. The predicted octanol–water partition coefficient (Wildman–Crippen LogP) is 17.3. The average molecular weight is 1010 g/mol. The van der Waals surface area contributed by atoms with Crippen LogP contribution in [0.5, 0.6) is 0 Å². The third-order valence-corrected chi connectivity index (χ3v) is 21.9. The van der Waals surface area contributed by atoms with Crippen molar-refractivity contribution in [2.24, 2.45) is 0 Å². The first-order chi connectivity index (χ1) is 37.7. The summed E-state index contributed by atoms with van der Waals surface area (Å²) in [5, 5.41) is 14.5. The Kier molecular flexibility index (Phi) is 9.49. The van der Waals surface area contributed by atoms with Crippen molar-refractivity contribution in [2.45, 2.75) is 0 Å². The van der Waals surface area contributed by atoms with Crippen LogP contribution in [0.25, 0.3) is 85.9 Å².